The molecular weight excluding hydrogens is 300 g/mol. The highest BCUT2D eigenvalue weighted by atomic mass is 16.5. The first kappa shape index (κ1) is 18.5. The monoisotopic (exact) mass is 328 g/mol. The number of rotatable bonds is 9. The molecule has 2 aromatic rings. The number of benzene rings is 2. The Morgan fingerprint density at radius 3 is 2.33 bits per heavy atom. The van der Waals surface area contributed by atoms with Crippen LogP contribution < -0.4 is 10.1 Å². The molecule has 130 valence electrons. The third kappa shape index (κ3) is 6.32. The summed E-state index contributed by atoms with van der Waals surface area (Å²) in [6.45, 7) is 3.26. The van der Waals surface area contributed by atoms with Gasteiger partial charge in [0.1, 0.15) is 12.5 Å². The van der Waals surface area contributed by atoms with E-state index in [9.17, 15) is 5.11 Å². The van der Waals surface area contributed by atoms with E-state index in [0.29, 0.717) is 13.3 Å². The first-order valence-electron chi connectivity index (χ1n) is 8.37. The summed E-state index contributed by atoms with van der Waals surface area (Å²) in [5, 5.41) is 13.6. The predicted molar refractivity (Wildman–Crippen MR) is 98.2 cm³/mol. The summed E-state index contributed by atoms with van der Waals surface area (Å²) < 4.78 is 5.63. The second-order valence-electron chi connectivity index (χ2n) is 6.44. The second-order valence-corrected chi connectivity index (χ2v) is 6.44. The third-order valence-corrected chi connectivity index (χ3v) is 3.80. The van der Waals surface area contributed by atoms with E-state index in [1.54, 1.807) is 0 Å². The van der Waals surface area contributed by atoms with Crippen molar-refractivity contribution in [1.82, 2.24) is 10.2 Å². The minimum absolute atomic E-state index is 0.289. The zero-order valence-electron chi connectivity index (χ0n) is 14.8. The molecule has 0 radical (unpaired) electrons. The van der Waals surface area contributed by atoms with Gasteiger partial charge in [-0.2, -0.15) is 0 Å². The van der Waals surface area contributed by atoms with Gasteiger partial charge in [-0.3, -0.25) is 4.90 Å². The summed E-state index contributed by atoms with van der Waals surface area (Å²) in [6.07, 6.45) is 0.436. The van der Waals surface area contributed by atoms with E-state index in [1.165, 1.54) is 5.56 Å². The molecule has 0 aliphatic rings. The van der Waals surface area contributed by atoms with Gasteiger partial charge in [0.2, 0.25) is 0 Å². The molecule has 0 heterocycles. The number of hydrogen-bond acceptors (Lipinski definition) is 4. The molecule has 2 N–H and O–H groups in total. The van der Waals surface area contributed by atoms with Crippen molar-refractivity contribution in [3.8, 4) is 5.75 Å². The summed E-state index contributed by atoms with van der Waals surface area (Å²) in [7, 11) is 3.96. The molecule has 2 atom stereocenters. The molecular formula is C20H28N2O2. The SMILES string of the molecule is CC(Cc1ccc(OCN(C)C)cc1)NC[C@H](O)c1ccccc1. The van der Waals surface area contributed by atoms with Gasteiger partial charge < -0.3 is 15.2 Å². The van der Waals surface area contributed by atoms with Gasteiger partial charge in [0.05, 0.1) is 6.10 Å². The first-order chi connectivity index (χ1) is 11.5. The Labute approximate surface area is 145 Å². The van der Waals surface area contributed by atoms with Crippen LogP contribution in [0.2, 0.25) is 0 Å². The molecule has 4 nitrogen and oxygen atoms in total. The van der Waals surface area contributed by atoms with Crippen LogP contribution >= 0.6 is 0 Å². The second kappa shape index (κ2) is 9.42. The average molecular weight is 328 g/mol. The lowest BCUT2D eigenvalue weighted by Crippen LogP contribution is -2.32. The van der Waals surface area contributed by atoms with Crippen LogP contribution in [0.15, 0.2) is 54.6 Å². The van der Waals surface area contributed by atoms with E-state index < -0.39 is 6.10 Å². The fourth-order valence-corrected chi connectivity index (χ4v) is 2.46. The van der Waals surface area contributed by atoms with Crippen LogP contribution in [0.25, 0.3) is 0 Å². The van der Waals surface area contributed by atoms with E-state index in [4.69, 9.17) is 4.74 Å². The Hall–Kier alpha value is -1.88. The van der Waals surface area contributed by atoms with E-state index >= 15 is 0 Å². The van der Waals surface area contributed by atoms with Crippen molar-refractivity contribution >= 4 is 0 Å². The van der Waals surface area contributed by atoms with Gasteiger partial charge in [0, 0.05) is 12.6 Å². The molecule has 0 aliphatic carbocycles. The maximum absolute atomic E-state index is 10.2. The zero-order valence-corrected chi connectivity index (χ0v) is 14.8. The summed E-state index contributed by atoms with van der Waals surface area (Å²) in [6, 6.07) is 18.2. The largest absolute Gasteiger partial charge is 0.478 e. The maximum Gasteiger partial charge on any atom is 0.141 e. The van der Waals surface area contributed by atoms with Crippen molar-refractivity contribution in [1.29, 1.82) is 0 Å². The molecule has 4 heteroatoms. The number of aliphatic hydroxyl groups excluding tert-OH is 1. The average Bonchev–Trinajstić information content (AvgIpc) is 2.60. The molecule has 24 heavy (non-hydrogen) atoms. The molecule has 0 saturated carbocycles. The van der Waals surface area contributed by atoms with Gasteiger partial charge in [-0.15, -0.1) is 0 Å². The van der Waals surface area contributed by atoms with Crippen molar-refractivity contribution < 1.29 is 9.84 Å². The predicted octanol–water partition coefficient (Wildman–Crippen LogP) is 2.84. The maximum atomic E-state index is 10.2. The van der Waals surface area contributed by atoms with E-state index in [0.717, 1.165) is 17.7 Å². The van der Waals surface area contributed by atoms with Crippen LogP contribution in [0.1, 0.15) is 24.2 Å². The summed E-state index contributed by atoms with van der Waals surface area (Å²) in [4.78, 5) is 1.98. The number of hydrogen-bond donors (Lipinski definition) is 2. The van der Waals surface area contributed by atoms with Gasteiger partial charge in [-0.05, 0) is 50.7 Å². The van der Waals surface area contributed by atoms with E-state index in [-0.39, 0.29) is 6.04 Å². The molecule has 0 amide bonds. The Kier molecular flexibility index (Phi) is 7.25. The third-order valence-electron chi connectivity index (χ3n) is 3.80. The van der Waals surface area contributed by atoms with Crippen molar-refractivity contribution in [2.45, 2.75) is 25.5 Å². The molecule has 2 rings (SSSR count). The van der Waals surface area contributed by atoms with Crippen molar-refractivity contribution in [3.05, 3.63) is 65.7 Å². The lowest BCUT2D eigenvalue weighted by atomic mass is 10.1. The van der Waals surface area contributed by atoms with Crippen LogP contribution in [0.5, 0.6) is 5.75 Å². The van der Waals surface area contributed by atoms with Gasteiger partial charge in [0.15, 0.2) is 0 Å². The Balaban J connectivity index is 1.76. The highest BCUT2D eigenvalue weighted by Crippen LogP contribution is 2.14. The van der Waals surface area contributed by atoms with Gasteiger partial charge >= 0.3 is 0 Å². The molecule has 1 unspecified atom stereocenters. The fourth-order valence-electron chi connectivity index (χ4n) is 2.46. The minimum atomic E-state index is -0.476. The fraction of sp³-hybridized carbons (Fsp3) is 0.400. The lowest BCUT2D eigenvalue weighted by Gasteiger charge is -2.18. The molecule has 0 aliphatic heterocycles. The number of nitrogens with one attached hydrogen (secondary N) is 1. The molecule has 2 aromatic carbocycles. The van der Waals surface area contributed by atoms with Gasteiger partial charge in [-0.25, -0.2) is 0 Å². The normalized spacial score (nSPS) is 13.7. The van der Waals surface area contributed by atoms with Gasteiger partial charge in [0.25, 0.3) is 0 Å². The Morgan fingerprint density at radius 2 is 1.71 bits per heavy atom. The number of nitrogens with zero attached hydrogens (tertiary/aromatic N) is 1. The van der Waals surface area contributed by atoms with E-state index in [2.05, 4.69) is 24.4 Å². The molecule has 0 bridgehead atoms. The highest BCUT2D eigenvalue weighted by Gasteiger charge is 2.09. The molecule has 0 aromatic heterocycles. The topological polar surface area (TPSA) is 44.7 Å². The van der Waals surface area contributed by atoms with Crippen LogP contribution in [-0.2, 0) is 6.42 Å². The number of aliphatic hydroxyl groups is 1. The van der Waals surface area contributed by atoms with Crippen molar-refractivity contribution in [2.75, 3.05) is 27.4 Å². The smallest absolute Gasteiger partial charge is 0.141 e. The van der Waals surface area contributed by atoms with Crippen LogP contribution in [-0.4, -0.2) is 43.4 Å². The number of ether oxygens (including phenoxy) is 1. The standard InChI is InChI=1S/C20H28N2O2/c1-16(21-14-20(23)18-7-5-4-6-8-18)13-17-9-11-19(12-10-17)24-15-22(2)3/h4-12,16,20-21,23H,13-15H2,1-3H3/t16?,20-/m0/s1. The van der Waals surface area contributed by atoms with Crippen LogP contribution in [0.3, 0.4) is 0 Å². The summed E-state index contributed by atoms with van der Waals surface area (Å²) in [5.74, 6) is 0.882. The summed E-state index contributed by atoms with van der Waals surface area (Å²) >= 11 is 0. The Bertz CT molecular complexity index is 584. The van der Waals surface area contributed by atoms with Crippen molar-refractivity contribution in [3.63, 3.8) is 0 Å². The van der Waals surface area contributed by atoms with Crippen LogP contribution in [0, 0.1) is 0 Å². The molecule has 0 spiro atoms. The Morgan fingerprint density at radius 1 is 1.04 bits per heavy atom. The van der Waals surface area contributed by atoms with Crippen LogP contribution in [0.4, 0.5) is 0 Å². The lowest BCUT2D eigenvalue weighted by molar-refractivity contribution is 0.170. The highest BCUT2D eigenvalue weighted by molar-refractivity contribution is 5.27. The molecule has 0 saturated heterocycles. The zero-order chi connectivity index (χ0) is 17.4. The van der Waals surface area contributed by atoms with E-state index in [1.807, 2.05) is 61.5 Å². The molecule has 0 fully saturated rings. The minimum Gasteiger partial charge on any atom is -0.478 e. The van der Waals surface area contributed by atoms with Crippen molar-refractivity contribution in [2.24, 2.45) is 0 Å². The summed E-state index contributed by atoms with van der Waals surface area (Å²) in [5.41, 5.74) is 2.20. The first-order valence-corrected chi connectivity index (χ1v) is 8.37. The quantitative estimate of drug-likeness (QED) is 0.695. The van der Waals surface area contributed by atoms with Gasteiger partial charge in [-0.1, -0.05) is 42.5 Å².